The highest BCUT2D eigenvalue weighted by Gasteiger charge is 2.26. The highest BCUT2D eigenvalue weighted by Crippen LogP contribution is 2.26. The van der Waals surface area contributed by atoms with E-state index in [2.05, 4.69) is 20.9 Å². The van der Waals surface area contributed by atoms with Crippen LogP contribution in [0.25, 0.3) is 10.6 Å². The fourth-order valence-electron chi connectivity index (χ4n) is 2.62. The van der Waals surface area contributed by atoms with Crippen molar-refractivity contribution < 1.29 is 9.59 Å². The van der Waals surface area contributed by atoms with Crippen LogP contribution < -0.4 is 16.0 Å². The molecule has 3 N–H and O–H groups in total. The molecule has 3 rings (SSSR count). The Kier molecular flexibility index (Phi) is 4.61. The molecule has 0 saturated heterocycles. The van der Waals surface area contributed by atoms with Crippen LogP contribution in [0.15, 0.2) is 47.8 Å². The van der Waals surface area contributed by atoms with Gasteiger partial charge in [0.05, 0.1) is 28.7 Å². The van der Waals surface area contributed by atoms with Gasteiger partial charge in [-0.2, -0.15) is 0 Å². The monoisotopic (exact) mass is 342 g/mol. The van der Waals surface area contributed by atoms with Crippen LogP contribution in [0.5, 0.6) is 0 Å². The third-order valence-corrected chi connectivity index (χ3v) is 4.84. The lowest BCUT2D eigenvalue weighted by atomic mass is 10.0. The second-order valence-electron chi connectivity index (χ2n) is 5.52. The number of aromatic nitrogens is 1. The molecule has 24 heavy (non-hydrogen) atoms. The van der Waals surface area contributed by atoms with Crippen molar-refractivity contribution >= 4 is 23.3 Å². The maximum Gasteiger partial charge on any atom is 0.319 e. The van der Waals surface area contributed by atoms with Gasteiger partial charge in [0.25, 0.3) is 5.91 Å². The molecule has 2 aromatic rings. The number of thiophene rings is 1. The Hall–Kier alpha value is -2.67. The predicted octanol–water partition coefficient (Wildman–Crippen LogP) is 2.40. The van der Waals surface area contributed by atoms with Gasteiger partial charge in [-0.1, -0.05) is 6.07 Å². The van der Waals surface area contributed by atoms with Crippen molar-refractivity contribution in [3.63, 3.8) is 0 Å². The van der Waals surface area contributed by atoms with Crippen LogP contribution in [-0.2, 0) is 11.3 Å². The first-order valence-corrected chi connectivity index (χ1v) is 8.43. The zero-order valence-corrected chi connectivity index (χ0v) is 14.2. The van der Waals surface area contributed by atoms with Crippen molar-refractivity contribution in [1.82, 2.24) is 20.9 Å². The summed E-state index contributed by atoms with van der Waals surface area (Å²) in [6, 6.07) is 9.18. The number of allylic oxidation sites excluding steroid dienone is 1. The lowest BCUT2D eigenvalue weighted by Gasteiger charge is -2.25. The maximum absolute atomic E-state index is 12.4. The standard InChI is InChI=1S/C17H18N4O2S/c1-10-15(11(2)21-17(23)20-10)16(22)19-9-12-6-7-14(24-12)13-5-3-4-8-18-13/h3-8,10H,9H2,1-2H3,(H,19,22)(H2,20,21,23). The number of rotatable bonds is 4. The third kappa shape index (κ3) is 3.46. The minimum absolute atomic E-state index is 0.180. The van der Waals surface area contributed by atoms with Crippen molar-refractivity contribution in [2.75, 3.05) is 0 Å². The fraction of sp³-hybridized carbons (Fsp3) is 0.235. The van der Waals surface area contributed by atoms with Gasteiger partial charge in [-0.3, -0.25) is 9.78 Å². The Morgan fingerprint density at radius 3 is 2.88 bits per heavy atom. The molecule has 124 valence electrons. The summed E-state index contributed by atoms with van der Waals surface area (Å²) in [6.07, 6.45) is 1.76. The van der Waals surface area contributed by atoms with Crippen molar-refractivity contribution in [3.05, 3.63) is 52.7 Å². The molecule has 1 atom stereocenters. The van der Waals surface area contributed by atoms with E-state index in [9.17, 15) is 9.59 Å². The molecular formula is C17H18N4O2S. The molecule has 2 aromatic heterocycles. The first-order chi connectivity index (χ1) is 11.5. The summed E-state index contributed by atoms with van der Waals surface area (Å²) in [4.78, 5) is 30.2. The number of amides is 3. The SMILES string of the molecule is CC1=C(C(=O)NCc2ccc(-c3ccccn3)s2)C(C)NC(=O)N1. The van der Waals surface area contributed by atoms with E-state index in [1.807, 2.05) is 30.3 Å². The second kappa shape index (κ2) is 6.84. The molecule has 0 aliphatic carbocycles. The van der Waals surface area contributed by atoms with E-state index in [0.29, 0.717) is 17.8 Å². The van der Waals surface area contributed by atoms with Crippen LogP contribution in [0.4, 0.5) is 4.79 Å². The molecule has 0 fully saturated rings. The summed E-state index contributed by atoms with van der Waals surface area (Å²) < 4.78 is 0. The Morgan fingerprint density at radius 2 is 2.17 bits per heavy atom. The van der Waals surface area contributed by atoms with Gasteiger partial charge in [0.1, 0.15) is 0 Å². The van der Waals surface area contributed by atoms with E-state index in [0.717, 1.165) is 15.4 Å². The lowest BCUT2D eigenvalue weighted by Crippen LogP contribution is -2.50. The zero-order chi connectivity index (χ0) is 17.1. The van der Waals surface area contributed by atoms with Gasteiger partial charge in [0, 0.05) is 16.8 Å². The number of carbonyl (C=O) groups excluding carboxylic acids is 2. The largest absolute Gasteiger partial charge is 0.347 e. The predicted molar refractivity (Wildman–Crippen MR) is 93.2 cm³/mol. The Morgan fingerprint density at radius 1 is 1.33 bits per heavy atom. The van der Waals surface area contributed by atoms with Crippen molar-refractivity contribution in [3.8, 4) is 10.6 Å². The van der Waals surface area contributed by atoms with Crippen LogP contribution in [0.2, 0.25) is 0 Å². The first kappa shape index (κ1) is 16.2. The van der Waals surface area contributed by atoms with Crippen LogP contribution in [-0.4, -0.2) is 23.0 Å². The molecular weight excluding hydrogens is 324 g/mol. The summed E-state index contributed by atoms with van der Waals surface area (Å²) in [7, 11) is 0. The highest BCUT2D eigenvalue weighted by atomic mass is 32.1. The zero-order valence-electron chi connectivity index (χ0n) is 13.4. The number of nitrogens with one attached hydrogen (secondary N) is 3. The summed E-state index contributed by atoms with van der Waals surface area (Å²) in [5, 5.41) is 8.23. The van der Waals surface area contributed by atoms with Crippen molar-refractivity contribution in [2.24, 2.45) is 0 Å². The van der Waals surface area contributed by atoms with Gasteiger partial charge < -0.3 is 16.0 Å². The van der Waals surface area contributed by atoms with E-state index in [1.54, 1.807) is 31.4 Å². The van der Waals surface area contributed by atoms with Gasteiger partial charge in [0.15, 0.2) is 0 Å². The average molecular weight is 342 g/mol. The van der Waals surface area contributed by atoms with Crippen molar-refractivity contribution in [1.29, 1.82) is 0 Å². The number of nitrogens with zero attached hydrogens (tertiary/aromatic N) is 1. The Labute approximate surface area is 144 Å². The molecule has 0 spiro atoms. The maximum atomic E-state index is 12.4. The van der Waals surface area contributed by atoms with Crippen molar-refractivity contribution in [2.45, 2.75) is 26.4 Å². The van der Waals surface area contributed by atoms with Gasteiger partial charge in [-0.05, 0) is 38.1 Å². The number of hydrogen-bond acceptors (Lipinski definition) is 4. The molecule has 1 aliphatic rings. The minimum atomic E-state index is -0.314. The number of pyridine rings is 1. The number of urea groups is 1. The average Bonchev–Trinajstić information content (AvgIpc) is 3.02. The number of carbonyl (C=O) groups is 2. The van der Waals surface area contributed by atoms with Crippen LogP contribution in [0.3, 0.4) is 0 Å². The molecule has 0 bridgehead atoms. The summed E-state index contributed by atoms with van der Waals surface area (Å²) in [5.41, 5.74) is 2.06. The molecule has 1 unspecified atom stereocenters. The van der Waals surface area contributed by atoms with E-state index in [4.69, 9.17) is 0 Å². The Balaban J connectivity index is 1.66. The molecule has 0 radical (unpaired) electrons. The molecule has 0 aromatic carbocycles. The van der Waals surface area contributed by atoms with Crippen LogP contribution >= 0.6 is 11.3 Å². The summed E-state index contributed by atoms with van der Waals surface area (Å²) in [6.45, 7) is 3.96. The van der Waals surface area contributed by atoms with Crippen LogP contribution in [0, 0.1) is 0 Å². The molecule has 0 saturated carbocycles. The topological polar surface area (TPSA) is 83.1 Å². The lowest BCUT2D eigenvalue weighted by molar-refractivity contribution is -0.118. The summed E-state index contributed by atoms with van der Waals surface area (Å²) in [5.74, 6) is -0.180. The fourth-order valence-corrected chi connectivity index (χ4v) is 3.54. The van der Waals surface area contributed by atoms with Gasteiger partial charge >= 0.3 is 6.03 Å². The first-order valence-electron chi connectivity index (χ1n) is 7.61. The van der Waals surface area contributed by atoms with Gasteiger partial charge in [-0.25, -0.2) is 4.79 Å². The van der Waals surface area contributed by atoms with E-state index in [-0.39, 0.29) is 18.0 Å². The van der Waals surface area contributed by atoms with E-state index < -0.39 is 0 Å². The molecule has 3 heterocycles. The summed E-state index contributed by atoms with van der Waals surface area (Å²) >= 11 is 1.60. The molecule has 7 heteroatoms. The smallest absolute Gasteiger partial charge is 0.319 e. The Bertz CT molecular complexity index is 798. The number of hydrogen-bond donors (Lipinski definition) is 3. The normalized spacial score (nSPS) is 17.2. The van der Waals surface area contributed by atoms with Gasteiger partial charge in [0.2, 0.25) is 0 Å². The molecule has 1 aliphatic heterocycles. The van der Waals surface area contributed by atoms with Crippen LogP contribution in [0.1, 0.15) is 18.7 Å². The molecule has 3 amide bonds. The van der Waals surface area contributed by atoms with E-state index in [1.165, 1.54) is 0 Å². The van der Waals surface area contributed by atoms with E-state index >= 15 is 0 Å². The minimum Gasteiger partial charge on any atom is -0.347 e. The second-order valence-corrected chi connectivity index (χ2v) is 6.69. The highest BCUT2D eigenvalue weighted by molar-refractivity contribution is 7.15. The molecule has 6 nitrogen and oxygen atoms in total. The third-order valence-electron chi connectivity index (χ3n) is 3.73. The van der Waals surface area contributed by atoms with Gasteiger partial charge in [-0.15, -0.1) is 11.3 Å². The quantitative estimate of drug-likeness (QED) is 0.798.